The van der Waals surface area contributed by atoms with Crippen LogP contribution >= 0.6 is 11.3 Å². The second-order valence-electron chi connectivity index (χ2n) is 3.47. The fraction of sp³-hybridized carbons (Fsp3) is 0.250. The Kier molecular flexibility index (Phi) is 3.54. The van der Waals surface area contributed by atoms with E-state index >= 15 is 0 Å². The highest BCUT2D eigenvalue weighted by atomic mass is 32.1. The summed E-state index contributed by atoms with van der Waals surface area (Å²) in [5.41, 5.74) is 6.94. The van der Waals surface area contributed by atoms with Gasteiger partial charge in [0, 0.05) is 28.4 Å². The van der Waals surface area contributed by atoms with Crippen LogP contribution in [0.4, 0.5) is 5.82 Å². The molecule has 0 bridgehead atoms. The summed E-state index contributed by atoms with van der Waals surface area (Å²) in [6, 6.07) is 2.02. The fourth-order valence-corrected chi connectivity index (χ4v) is 2.43. The molecule has 4 heteroatoms. The topological polar surface area (TPSA) is 50.9 Å². The van der Waals surface area contributed by atoms with Crippen molar-refractivity contribution in [3.05, 3.63) is 29.3 Å². The van der Waals surface area contributed by atoms with Crippen molar-refractivity contribution in [1.82, 2.24) is 10.3 Å². The lowest BCUT2D eigenvalue weighted by molar-refractivity contribution is 0.801. The quantitative estimate of drug-likeness (QED) is 0.798. The molecule has 0 atom stereocenters. The van der Waals surface area contributed by atoms with Crippen LogP contribution < -0.4 is 11.1 Å². The van der Waals surface area contributed by atoms with Crippen molar-refractivity contribution in [3.8, 4) is 0 Å². The van der Waals surface area contributed by atoms with Crippen LogP contribution in [-0.4, -0.2) is 18.1 Å². The highest BCUT2D eigenvalue weighted by molar-refractivity contribution is 7.17. The van der Waals surface area contributed by atoms with Crippen molar-refractivity contribution in [2.24, 2.45) is 0 Å². The van der Waals surface area contributed by atoms with Gasteiger partial charge in [0.25, 0.3) is 0 Å². The number of hydrogen-bond acceptors (Lipinski definition) is 4. The van der Waals surface area contributed by atoms with Crippen LogP contribution in [0, 0.1) is 0 Å². The van der Waals surface area contributed by atoms with Gasteiger partial charge in [-0.25, -0.2) is 4.98 Å². The van der Waals surface area contributed by atoms with Gasteiger partial charge < -0.3 is 11.1 Å². The lowest BCUT2D eigenvalue weighted by Gasteiger charge is -1.99. The summed E-state index contributed by atoms with van der Waals surface area (Å²) in [5.74, 6) is 0.611. The maximum Gasteiger partial charge on any atom is 0.132 e. The molecule has 2 aromatic heterocycles. The molecular weight excluding hydrogens is 218 g/mol. The van der Waals surface area contributed by atoms with Gasteiger partial charge >= 0.3 is 0 Å². The third kappa shape index (κ3) is 2.23. The molecule has 3 N–H and O–H groups in total. The van der Waals surface area contributed by atoms with Gasteiger partial charge in [-0.1, -0.05) is 19.1 Å². The van der Waals surface area contributed by atoms with Crippen LogP contribution in [0.3, 0.4) is 0 Å². The molecule has 2 heterocycles. The van der Waals surface area contributed by atoms with E-state index in [2.05, 4.69) is 29.4 Å². The van der Waals surface area contributed by atoms with Crippen LogP contribution in [0.15, 0.2) is 23.7 Å². The SMILES string of the molecule is CCNC/C=C/c1cnc(N)c2ccsc12. The molecule has 0 spiro atoms. The minimum absolute atomic E-state index is 0.611. The number of nitrogens with two attached hydrogens (primary N) is 1. The molecule has 16 heavy (non-hydrogen) atoms. The van der Waals surface area contributed by atoms with E-state index in [0.717, 1.165) is 24.0 Å². The zero-order valence-electron chi connectivity index (χ0n) is 9.23. The van der Waals surface area contributed by atoms with Gasteiger partial charge in [-0.2, -0.15) is 0 Å². The Morgan fingerprint density at radius 1 is 1.56 bits per heavy atom. The van der Waals surface area contributed by atoms with E-state index < -0.39 is 0 Å². The zero-order valence-corrected chi connectivity index (χ0v) is 10.1. The highest BCUT2D eigenvalue weighted by Crippen LogP contribution is 2.28. The van der Waals surface area contributed by atoms with Crippen LogP contribution in [0.25, 0.3) is 16.2 Å². The predicted octanol–water partition coefficient (Wildman–Crippen LogP) is 2.50. The Bertz CT molecular complexity index is 502. The molecule has 0 aliphatic carbocycles. The van der Waals surface area contributed by atoms with Crippen molar-refractivity contribution in [3.63, 3.8) is 0 Å². The number of rotatable bonds is 4. The first kappa shape index (κ1) is 11.1. The van der Waals surface area contributed by atoms with E-state index in [4.69, 9.17) is 5.73 Å². The molecule has 2 rings (SSSR count). The molecule has 0 amide bonds. The molecular formula is C12H15N3S. The number of nitrogens with zero attached hydrogens (tertiary/aromatic N) is 1. The monoisotopic (exact) mass is 233 g/mol. The summed E-state index contributed by atoms with van der Waals surface area (Å²) in [4.78, 5) is 4.19. The molecule has 0 aromatic carbocycles. The van der Waals surface area contributed by atoms with Crippen molar-refractivity contribution < 1.29 is 0 Å². The second-order valence-corrected chi connectivity index (χ2v) is 4.39. The third-order valence-electron chi connectivity index (χ3n) is 2.36. The molecule has 0 fully saturated rings. The zero-order chi connectivity index (χ0) is 11.4. The van der Waals surface area contributed by atoms with E-state index in [1.807, 2.05) is 17.6 Å². The lowest BCUT2D eigenvalue weighted by Crippen LogP contribution is -2.11. The van der Waals surface area contributed by atoms with Gasteiger partial charge in [0.2, 0.25) is 0 Å². The molecule has 0 unspecified atom stereocenters. The van der Waals surface area contributed by atoms with E-state index in [-0.39, 0.29) is 0 Å². The lowest BCUT2D eigenvalue weighted by atomic mass is 10.2. The average molecular weight is 233 g/mol. The van der Waals surface area contributed by atoms with Crippen molar-refractivity contribution >= 4 is 33.3 Å². The summed E-state index contributed by atoms with van der Waals surface area (Å²) in [6.45, 7) is 3.96. The molecule has 0 aliphatic rings. The summed E-state index contributed by atoms with van der Waals surface area (Å²) < 4.78 is 1.21. The van der Waals surface area contributed by atoms with Gasteiger partial charge in [0.1, 0.15) is 5.82 Å². The van der Waals surface area contributed by atoms with Gasteiger partial charge in [0.15, 0.2) is 0 Å². The summed E-state index contributed by atoms with van der Waals surface area (Å²) in [7, 11) is 0. The predicted molar refractivity (Wildman–Crippen MR) is 71.6 cm³/mol. The Balaban J connectivity index is 2.27. The van der Waals surface area contributed by atoms with Crippen LogP contribution in [-0.2, 0) is 0 Å². The van der Waals surface area contributed by atoms with Gasteiger partial charge in [0.05, 0.1) is 0 Å². The van der Waals surface area contributed by atoms with Gasteiger partial charge in [-0.15, -0.1) is 11.3 Å². The summed E-state index contributed by atoms with van der Waals surface area (Å²) in [6.07, 6.45) is 6.03. The number of likely N-dealkylation sites (N-methyl/N-ethyl adjacent to an activating group) is 1. The molecule has 0 saturated carbocycles. The van der Waals surface area contributed by atoms with Crippen molar-refractivity contribution in [2.75, 3.05) is 18.8 Å². The van der Waals surface area contributed by atoms with E-state index in [9.17, 15) is 0 Å². The molecule has 2 aromatic rings. The molecule has 0 aliphatic heterocycles. The standard InChI is InChI=1S/C12H15N3S/c1-2-14-6-3-4-9-8-15-12(13)10-5-7-16-11(9)10/h3-5,7-8,14H,2,6H2,1H3,(H2,13,15)/b4-3+. The maximum absolute atomic E-state index is 5.81. The normalized spacial score (nSPS) is 11.6. The summed E-state index contributed by atoms with van der Waals surface area (Å²) in [5, 5.41) is 6.34. The van der Waals surface area contributed by atoms with E-state index in [1.54, 1.807) is 11.3 Å². The number of nitrogens with one attached hydrogen (secondary N) is 1. The first-order valence-corrected chi connectivity index (χ1v) is 6.20. The minimum atomic E-state index is 0.611. The number of hydrogen-bond donors (Lipinski definition) is 2. The Morgan fingerprint density at radius 2 is 2.44 bits per heavy atom. The number of anilines is 1. The number of fused-ring (bicyclic) bond motifs is 1. The molecule has 0 saturated heterocycles. The Hall–Kier alpha value is -1.39. The fourth-order valence-electron chi connectivity index (χ4n) is 1.53. The van der Waals surface area contributed by atoms with Gasteiger partial charge in [-0.05, 0) is 18.0 Å². The second kappa shape index (κ2) is 5.09. The Morgan fingerprint density at radius 3 is 3.25 bits per heavy atom. The highest BCUT2D eigenvalue weighted by Gasteiger charge is 2.03. The van der Waals surface area contributed by atoms with Crippen molar-refractivity contribution in [1.29, 1.82) is 0 Å². The molecule has 3 nitrogen and oxygen atoms in total. The summed E-state index contributed by atoms with van der Waals surface area (Å²) >= 11 is 1.70. The average Bonchev–Trinajstić information content (AvgIpc) is 2.77. The van der Waals surface area contributed by atoms with Crippen molar-refractivity contribution in [2.45, 2.75) is 6.92 Å². The maximum atomic E-state index is 5.81. The van der Waals surface area contributed by atoms with Crippen LogP contribution in [0.1, 0.15) is 12.5 Å². The Labute approximate surface area is 99.0 Å². The van der Waals surface area contributed by atoms with E-state index in [1.165, 1.54) is 4.70 Å². The largest absolute Gasteiger partial charge is 0.383 e. The van der Waals surface area contributed by atoms with Crippen LogP contribution in [0.2, 0.25) is 0 Å². The number of aromatic nitrogens is 1. The molecule has 0 radical (unpaired) electrons. The first-order chi connectivity index (χ1) is 7.83. The number of pyridine rings is 1. The molecule has 84 valence electrons. The first-order valence-electron chi connectivity index (χ1n) is 5.32. The van der Waals surface area contributed by atoms with Crippen LogP contribution in [0.5, 0.6) is 0 Å². The smallest absolute Gasteiger partial charge is 0.132 e. The number of nitrogen functional groups attached to an aromatic ring is 1. The minimum Gasteiger partial charge on any atom is -0.383 e. The number of thiophene rings is 1. The van der Waals surface area contributed by atoms with Gasteiger partial charge in [-0.3, -0.25) is 0 Å². The van der Waals surface area contributed by atoms with E-state index in [0.29, 0.717) is 5.82 Å². The third-order valence-corrected chi connectivity index (χ3v) is 3.32.